The molecule has 0 radical (unpaired) electrons. The summed E-state index contributed by atoms with van der Waals surface area (Å²) in [6.45, 7) is 7.09. The van der Waals surface area contributed by atoms with Crippen LogP contribution in [0.15, 0.2) is 54.6 Å². The number of hydrogen-bond donors (Lipinski definition) is 6. The van der Waals surface area contributed by atoms with Crippen molar-refractivity contribution in [2.75, 3.05) is 7.11 Å². The maximum atomic E-state index is 13.5. The molecule has 13 nitrogen and oxygen atoms in total. The molecule has 2 aromatic carbocycles. The number of hydrogen-bond acceptors (Lipinski definition) is 7. The van der Waals surface area contributed by atoms with E-state index in [1.165, 1.54) is 0 Å². The first-order chi connectivity index (χ1) is 20.9. The highest BCUT2D eigenvalue weighted by atomic mass is 16.5. The zero-order valence-electron chi connectivity index (χ0n) is 25.6. The summed E-state index contributed by atoms with van der Waals surface area (Å²) in [5, 5.41) is 8.02. The number of carbonyl (C=O) groups excluding carboxylic acids is 6. The maximum absolute atomic E-state index is 13.5. The van der Waals surface area contributed by atoms with Crippen LogP contribution in [-0.4, -0.2) is 60.9 Å². The molecule has 2 aromatic rings. The minimum absolute atomic E-state index is 0.164. The van der Waals surface area contributed by atoms with Crippen molar-refractivity contribution in [2.24, 2.45) is 17.6 Å². The fourth-order valence-corrected chi connectivity index (χ4v) is 4.22. The fourth-order valence-electron chi connectivity index (χ4n) is 4.22. The van der Waals surface area contributed by atoms with Crippen molar-refractivity contribution in [1.82, 2.24) is 26.8 Å². The van der Waals surface area contributed by atoms with Crippen LogP contribution >= 0.6 is 0 Å². The second-order valence-corrected chi connectivity index (χ2v) is 10.7. The van der Waals surface area contributed by atoms with Gasteiger partial charge in [-0.25, -0.2) is 10.2 Å². The Morgan fingerprint density at radius 1 is 0.750 bits per heavy atom. The molecule has 0 fully saturated rings. The van der Waals surface area contributed by atoms with Gasteiger partial charge in [-0.15, -0.1) is 0 Å². The standard InChI is InChI=1S/C31H42N6O7/c1-6-19(4)26(35-27(39)22-14-12-21(13-15-22)20-10-8-7-9-11-20)30(42)34-25(18(2)3)29(41)33-23(16-17-24(32)38)28(40)36-37-31(43)44-5/h7-15,18-19,23,25-26H,6,16-17H2,1-5H3,(H2,32,38)(H,33,41)(H,34,42)(H,35,39)(H,36,40)(H,37,43)/t19-,23-,25+,26-/m0/s1. The number of ether oxygens (including phenoxy) is 1. The van der Waals surface area contributed by atoms with Gasteiger partial charge < -0.3 is 26.4 Å². The molecule has 0 spiro atoms. The normalized spacial score (nSPS) is 13.4. The van der Waals surface area contributed by atoms with E-state index in [4.69, 9.17) is 5.73 Å². The van der Waals surface area contributed by atoms with Crippen LogP contribution < -0.4 is 32.5 Å². The maximum Gasteiger partial charge on any atom is 0.425 e. The molecule has 4 atom stereocenters. The second-order valence-electron chi connectivity index (χ2n) is 10.7. The Balaban J connectivity index is 2.17. The summed E-state index contributed by atoms with van der Waals surface area (Å²) in [6, 6.07) is 13.4. The van der Waals surface area contributed by atoms with Crippen LogP contribution in [0.25, 0.3) is 11.1 Å². The molecule has 2 rings (SSSR count). The number of carbonyl (C=O) groups is 6. The van der Waals surface area contributed by atoms with Gasteiger partial charge in [0.1, 0.15) is 18.1 Å². The number of methoxy groups -OCH3 is 1. The molecule has 13 heteroatoms. The minimum Gasteiger partial charge on any atom is -0.452 e. The van der Waals surface area contributed by atoms with E-state index in [-0.39, 0.29) is 18.8 Å². The van der Waals surface area contributed by atoms with Gasteiger partial charge in [-0.05, 0) is 41.5 Å². The smallest absolute Gasteiger partial charge is 0.425 e. The van der Waals surface area contributed by atoms with E-state index in [1.54, 1.807) is 26.0 Å². The number of nitrogens with two attached hydrogens (primary N) is 1. The molecule has 0 bridgehead atoms. The lowest BCUT2D eigenvalue weighted by Gasteiger charge is -2.29. The number of primary amides is 1. The molecular weight excluding hydrogens is 568 g/mol. The summed E-state index contributed by atoms with van der Waals surface area (Å²) in [7, 11) is 1.10. The first-order valence-electron chi connectivity index (χ1n) is 14.4. The molecule has 0 aliphatic rings. The molecular formula is C31H42N6O7. The van der Waals surface area contributed by atoms with Crippen molar-refractivity contribution >= 4 is 35.6 Å². The average molecular weight is 611 g/mol. The molecule has 6 amide bonds. The van der Waals surface area contributed by atoms with Crippen LogP contribution in [0.4, 0.5) is 4.79 Å². The van der Waals surface area contributed by atoms with Crippen LogP contribution in [0, 0.1) is 11.8 Å². The zero-order valence-corrected chi connectivity index (χ0v) is 25.6. The number of rotatable bonds is 14. The summed E-state index contributed by atoms with van der Waals surface area (Å²) in [5.74, 6) is -3.97. The Morgan fingerprint density at radius 3 is 1.89 bits per heavy atom. The predicted molar refractivity (Wildman–Crippen MR) is 163 cm³/mol. The van der Waals surface area contributed by atoms with E-state index in [0.29, 0.717) is 12.0 Å². The van der Waals surface area contributed by atoms with Gasteiger partial charge in [-0.1, -0.05) is 76.6 Å². The van der Waals surface area contributed by atoms with Gasteiger partial charge in [0.25, 0.3) is 11.8 Å². The molecule has 0 saturated carbocycles. The second kappa shape index (κ2) is 17.2. The number of benzene rings is 2. The van der Waals surface area contributed by atoms with Gasteiger partial charge in [-0.2, -0.15) is 0 Å². The first kappa shape index (κ1) is 35.3. The molecule has 0 heterocycles. The van der Waals surface area contributed by atoms with Gasteiger partial charge in [-0.3, -0.25) is 29.4 Å². The Bertz CT molecular complexity index is 1300. The lowest BCUT2D eigenvalue weighted by Crippen LogP contribution is -2.60. The van der Waals surface area contributed by atoms with Gasteiger partial charge in [0.15, 0.2) is 0 Å². The molecule has 0 aliphatic heterocycles. The molecule has 0 aliphatic carbocycles. The highest BCUT2D eigenvalue weighted by Gasteiger charge is 2.33. The molecule has 44 heavy (non-hydrogen) atoms. The van der Waals surface area contributed by atoms with Crippen LogP contribution in [0.1, 0.15) is 57.3 Å². The lowest BCUT2D eigenvalue weighted by atomic mass is 9.95. The van der Waals surface area contributed by atoms with E-state index in [9.17, 15) is 28.8 Å². The van der Waals surface area contributed by atoms with Crippen LogP contribution in [0.5, 0.6) is 0 Å². The summed E-state index contributed by atoms with van der Waals surface area (Å²) in [6.07, 6.45) is -0.782. The topological polar surface area (TPSA) is 198 Å². The Labute approximate surface area is 257 Å². The Morgan fingerprint density at radius 2 is 1.34 bits per heavy atom. The predicted octanol–water partition coefficient (Wildman–Crippen LogP) is 1.78. The summed E-state index contributed by atoms with van der Waals surface area (Å²) in [4.78, 5) is 75.3. The quantitative estimate of drug-likeness (QED) is 0.175. The van der Waals surface area contributed by atoms with Crippen molar-refractivity contribution in [2.45, 2.75) is 65.1 Å². The lowest BCUT2D eigenvalue weighted by molar-refractivity contribution is -0.134. The van der Waals surface area contributed by atoms with Crippen molar-refractivity contribution in [3.05, 3.63) is 60.2 Å². The van der Waals surface area contributed by atoms with Crippen molar-refractivity contribution < 1.29 is 33.5 Å². The van der Waals surface area contributed by atoms with E-state index in [1.807, 2.05) is 61.7 Å². The Hall–Kier alpha value is -4.94. The van der Waals surface area contributed by atoms with Crippen LogP contribution in [0.2, 0.25) is 0 Å². The summed E-state index contributed by atoms with van der Waals surface area (Å²) < 4.78 is 4.40. The van der Waals surface area contributed by atoms with Crippen molar-refractivity contribution in [3.8, 4) is 11.1 Å². The molecule has 238 valence electrons. The van der Waals surface area contributed by atoms with Crippen LogP contribution in [0.3, 0.4) is 0 Å². The fraction of sp³-hybridized carbons (Fsp3) is 0.419. The van der Waals surface area contributed by atoms with E-state index in [2.05, 4.69) is 26.1 Å². The van der Waals surface area contributed by atoms with Gasteiger partial charge >= 0.3 is 6.09 Å². The monoisotopic (exact) mass is 610 g/mol. The number of nitrogens with one attached hydrogen (secondary N) is 5. The summed E-state index contributed by atoms with van der Waals surface area (Å²) >= 11 is 0. The van der Waals surface area contributed by atoms with Gasteiger partial charge in [0.2, 0.25) is 17.7 Å². The molecule has 0 unspecified atom stereocenters. The average Bonchev–Trinajstić information content (AvgIpc) is 3.02. The zero-order chi connectivity index (χ0) is 32.8. The molecule has 7 N–H and O–H groups in total. The highest BCUT2D eigenvalue weighted by Crippen LogP contribution is 2.20. The molecule has 0 aromatic heterocycles. The number of amides is 6. The largest absolute Gasteiger partial charge is 0.452 e. The van der Waals surface area contributed by atoms with E-state index in [0.717, 1.165) is 18.2 Å². The summed E-state index contributed by atoms with van der Waals surface area (Å²) in [5.41, 5.74) is 11.6. The van der Waals surface area contributed by atoms with E-state index >= 15 is 0 Å². The van der Waals surface area contributed by atoms with Crippen molar-refractivity contribution in [3.63, 3.8) is 0 Å². The van der Waals surface area contributed by atoms with Gasteiger partial charge in [0, 0.05) is 12.0 Å². The first-order valence-corrected chi connectivity index (χ1v) is 14.4. The number of hydrazine groups is 1. The third-order valence-corrected chi connectivity index (χ3v) is 7.07. The van der Waals surface area contributed by atoms with Crippen LogP contribution in [-0.2, 0) is 23.9 Å². The highest BCUT2D eigenvalue weighted by molar-refractivity contribution is 5.99. The SMILES string of the molecule is CC[C@H](C)[C@H](NC(=O)c1ccc(-c2ccccc2)cc1)C(=O)N[C@@H](C(=O)N[C@@H](CCC(N)=O)C(=O)NNC(=O)OC)C(C)C. The minimum atomic E-state index is -1.27. The van der Waals surface area contributed by atoms with E-state index < -0.39 is 59.7 Å². The molecule has 0 saturated heterocycles. The van der Waals surface area contributed by atoms with Crippen molar-refractivity contribution in [1.29, 1.82) is 0 Å². The Kier molecular flexibility index (Phi) is 13.8. The van der Waals surface area contributed by atoms with Gasteiger partial charge in [0.05, 0.1) is 7.11 Å². The third kappa shape index (κ3) is 10.7. The third-order valence-electron chi connectivity index (χ3n) is 7.07.